The molecule has 5 nitrogen and oxygen atoms in total. The molecule has 1 aliphatic heterocycles. The smallest absolute Gasteiger partial charge is 0.257 e. The summed E-state index contributed by atoms with van der Waals surface area (Å²) in [6.07, 6.45) is 2.02. The minimum Gasteiger partial charge on any atom is -0.363 e. The van der Waals surface area contributed by atoms with Gasteiger partial charge in [-0.25, -0.2) is 0 Å². The number of nitrogens with zero attached hydrogens (tertiary/aromatic N) is 2. The largest absolute Gasteiger partial charge is 0.363 e. The van der Waals surface area contributed by atoms with Crippen LogP contribution in [0.3, 0.4) is 0 Å². The zero-order chi connectivity index (χ0) is 24.6. The fourth-order valence-electron chi connectivity index (χ4n) is 4.75. The van der Waals surface area contributed by atoms with Crippen LogP contribution in [0.15, 0.2) is 85.1 Å². The average Bonchev–Trinajstić information content (AvgIpc) is 3.35. The molecule has 0 saturated heterocycles. The third-order valence-corrected chi connectivity index (χ3v) is 8.46. The van der Waals surface area contributed by atoms with Crippen LogP contribution in [0, 0.1) is 0 Å². The maximum Gasteiger partial charge on any atom is 0.257 e. The molecule has 180 valence electrons. The van der Waals surface area contributed by atoms with E-state index >= 15 is 0 Å². The molecule has 0 fully saturated rings. The van der Waals surface area contributed by atoms with Gasteiger partial charge in [-0.15, -0.1) is 0 Å². The van der Waals surface area contributed by atoms with Crippen molar-refractivity contribution in [3.63, 3.8) is 0 Å². The Kier molecular flexibility index (Phi) is 6.13. The monoisotopic (exact) mass is 484 g/mol. The van der Waals surface area contributed by atoms with Crippen molar-refractivity contribution < 1.29 is 14.6 Å². The van der Waals surface area contributed by atoms with Crippen LogP contribution in [0.4, 0.5) is 0 Å². The first-order chi connectivity index (χ1) is 16.8. The molecule has 35 heavy (non-hydrogen) atoms. The summed E-state index contributed by atoms with van der Waals surface area (Å²) in [5.41, 5.74) is 2.30. The molecule has 0 spiro atoms. The normalized spacial score (nSPS) is 17.8. The van der Waals surface area contributed by atoms with Crippen LogP contribution in [-0.2, 0) is 23.7 Å². The topological polar surface area (TPSA) is 54.7 Å². The van der Waals surface area contributed by atoms with Gasteiger partial charge in [0.25, 0.3) is 5.91 Å². The Morgan fingerprint density at radius 1 is 0.943 bits per heavy atom. The molecule has 6 heteroatoms. The van der Waals surface area contributed by atoms with Crippen molar-refractivity contribution in [1.82, 2.24) is 9.47 Å². The van der Waals surface area contributed by atoms with E-state index in [1.807, 2.05) is 79.0 Å². The number of aliphatic hydroxyl groups is 1. The summed E-state index contributed by atoms with van der Waals surface area (Å²) in [6, 6.07) is 26.2. The fourth-order valence-corrected chi connectivity index (χ4v) is 5.50. The van der Waals surface area contributed by atoms with E-state index in [0.29, 0.717) is 30.0 Å². The highest BCUT2D eigenvalue weighted by Crippen LogP contribution is 2.43. The van der Waals surface area contributed by atoms with Crippen molar-refractivity contribution >= 4 is 24.9 Å². The fraction of sp³-hybridized carbons (Fsp3) is 0.276. The second kappa shape index (κ2) is 9.11. The van der Waals surface area contributed by atoms with Crippen molar-refractivity contribution in [2.75, 3.05) is 6.61 Å². The van der Waals surface area contributed by atoms with Crippen molar-refractivity contribution in [1.29, 1.82) is 0 Å². The summed E-state index contributed by atoms with van der Waals surface area (Å²) in [7, 11) is -1.13. The van der Waals surface area contributed by atoms with Crippen molar-refractivity contribution in [2.45, 2.75) is 44.7 Å². The second-order valence-corrected chi connectivity index (χ2v) is 16.1. The van der Waals surface area contributed by atoms with Gasteiger partial charge in [-0.05, 0) is 35.9 Å². The first-order valence-corrected chi connectivity index (χ1v) is 15.8. The lowest BCUT2D eigenvalue weighted by atomic mass is 9.93. The molecule has 3 aromatic carbocycles. The maximum absolute atomic E-state index is 13.4. The molecule has 0 saturated carbocycles. The molecule has 0 bridgehead atoms. The van der Waals surface area contributed by atoms with Gasteiger partial charge in [0, 0.05) is 55.0 Å². The van der Waals surface area contributed by atoms with Gasteiger partial charge in [-0.1, -0.05) is 74.2 Å². The number of hydrogen-bond acceptors (Lipinski definition) is 3. The molecule has 0 radical (unpaired) electrons. The van der Waals surface area contributed by atoms with Gasteiger partial charge in [-0.2, -0.15) is 0 Å². The van der Waals surface area contributed by atoms with Crippen LogP contribution in [0.25, 0.3) is 10.9 Å². The first-order valence-electron chi connectivity index (χ1n) is 12.1. The number of aromatic nitrogens is 1. The molecule has 1 aliphatic rings. The minimum absolute atomic E-state index is 0.166. The van der Waals surface area contributed by atoms with Crippen LogP contribution in [0.1, 0.15) is 27.0 Å². The molecule has 1 aromatic heterocycles. The van der Waals surface area contributed by atoms with Crippen LogP contribution in [0.2, 0.25) is 25.7 Å². The highest BCUT2D eigenvalue weighted by atomic mass is 28.3. The number of carbonyl (C=O) groups is 1. The Morgan fingerprint density at radius 3 is 2.46 bits per heavy atom. The van der Waals surface area contributed by atoms with E-state index in [1.54, 1.807) is 11.0 Å². The standard InChI is InChI=1S/C29H32N2O3Si/c1-35(2,3)18-17-34-21-30-16-15-23-19-24(13-14-27(23)30)29(33)26-12-8-7-11-25(26)28(32)31(29)20-22-9-5-4-6-10-22/h4-16,19,33H,17-18,20-21H2,1-3H3. The Hall–Kier alpha value is -3.19. The Bertz CT molecular complexity index is 1360. The van der Waals surface area contributed by atoms with E-state index in [4.69, 9.17) is 4.74 Å². The molecule has 4 aromatic rings. The van der Waals surface area contributed by atoms with E-state index < -0.39 is 13.8 Å². The predicted octanol–water partition coefficient (Wildman–Crippen LogP) is 5.80. The lowest BCUT2D eigenvalue weighted by molar-refractivity contribution is -0.0542. The number of fused-ring (bicyclic) bond motifs is 2. The van der Waals surface area contributed by atoms with Crippen molar-refractivity contribution in [3.8, 4) is 0 Å². The Labute approximate surface area is 207 Å². The van der Waals surface area contributed by atoms with Gasteiger partial charge < -0.3 is 14.4 Å². The van der Waals surface area contributed by atoms with E-state index in [0.717, 1.165) is 29.1 Å². The predicted molar refractivity (Wildman–Crippen MR) is 142 cm³/mol. The van der Waals surface area contributed by atoms with Gasteiger partial charge in [0.1, 0.15) is 6.73 Å². The van der Waals surface area contributed by atoms with Crippen molar-refractivity contribution in [2.24, 2.45) is 0 Å². The second-order valence-electron chi connectivity index (χ2n) is 10.5. The Morgan fingerprint density at radius 2 is 1.69 bits per heavy atom. The summed E-state index contributed by atoms with van der Waals surface area (Å²) >= 11 is 0. The quantitative estimate of drug-likeness (QED) is 0.254. The van der Waals surface area contributed by atoms with E-state index in [9.17, 15) is 9.90 Å². The molecule has 1 unspecified atom stereocenters. The molecule has 1 atom stereocenters. The summed E-state index contributed by atoms with van der Waals surface area (Å²) in [5.74, 6) is -0.166. The van der Waals surface area contributed by atoms with Crippen molar-refractivity contribution in [3.05, 3.63) is 107 Å². The summed E-state index contributed by atoms with van der Waals surface area (Å²) in [6.45, 7) is 8.62. The number of hydrogen-bond donors (Lipinski definition) is 1. The van der Waals surface area contributed by atoms with Crippen LogP contribution >= 0.6 is 0 Å². The lowest BCUT2D eigenvalue weighted by Crippen LogP contribution is -2.44. The van der Waals surface area contributed by atoms with Crippen LogP contribution < -0.4 is 0 Å². The average molecular weight is 485 g/mol. The van der Waals surface area contributed by atoms with Crippen LogP contribution in [-0.4, -0.2) is 35.2 Å². The number of ether oxygens (including phenoxy) is 1. The van der Waals surface area contributed by atoms with E-state index in [2.05, 4.69) is 24.2 Å². The highest BCUT2D eigenvalue weighted by molar-refractivity contribution is 6.76. The van der Waals surface area contributed by atoms with E-state index in [1.165, 1.54) is 0 Å². The van der Waals surface area contributed by atoms with Gasteiger partial charge in [0.05, 0.1) is 0 Å². The summed E-state index contributed by atoms with van der Waals surface area (Å²) in [5, 5.41) is 13.2. The SMILES string of the molecule is C[Si](C)(C)CCOCn1ccc2cc(C3(O)c4ccccc4C(=O)N3Cc3ccccc3)ccc21. The zero-order valence-electron chi connectivity index (χ0n) is 20.6. The highest BCUT2D eigenvalue weighted by Gasteiger charge is 2.49. The Balaban J connectivity index is 1.48. The molecule has 1 amide bonds. The van der Waals surface area contributed by atoms with Gasteiger partial charge in [0.2, 0.25) is 0 Å². The summed E-state index contributed by atoms with van der Waals surface area (Å²) < 4.78 is 8.04. The van der Waals surface area contributed by atoms with Crippen LogP contribution in [0.5, 0.6) is 0 Å². The molecular formula is C29H32N2O3Si. The molecule has 0 aliphatic carbocycles. The van der Waals surface area contributed by atoms with Gasteiger partial charge >= 0.3 is 0 Å². The molecule has 5 rings (SSSR count). The molecule has 1 N–H and O–H groups in total. The number of benzene rings is 3. The third-order valence-electron chi connectivity index (χ3n) is 6.75. The minimum atomic E-state index is -1.55. The lowest BCUT2D eigenvalue weighted by Gasteiger charge is -2.35. The van der Waals surface area contributed by atoms with Gasteiger partial charge in [0.15, 0.2) is 5.72 Å². The van der Waals surface area contributed by atoms with E-state index in [-0.39, 0.29) is 5.91 Å². The first kappa shape index (κ1) is 23.5. The number of rotatable bonds is 8. The zero-order valence-corrected chi connectivity index (χ0v) is 21.6. The third kappa shape index (κ3) is 4.45. The van der Waals surface area contributed by atoms with Gasteiger partial charge in [-0.3, -0.25) is 9.69 Å². The summed E-state index contributed by atoms with van der Waals surface area (Å²) in [4.78, 5) is 15.0. The molecule has 2 heterocycles. The maximum atomic E-state index is 13.4. The molecular weight excluding hydrogens is 452 g/mol. The number of amides is 1. The number of carbonyl (C=O) groups excluding carboxylic acids is 1.